The zero-order valence-electron chi connectivity index (χ0n) is 10.9. The van der Waals surface area contributed by atoms with Crippen molar-refractivity contribution < 1.29 is 14.0 Å². The van der Waals surface area contributed by atoms with Crippen LogP contribution in [-0.4, -0.2) is 26.4 Å². The summed E-state index contributed by atoms with van der Waals surface area (Å²) in [6, 6.07) is 16.0. The van der Waals surface area contributed by atoms with Crippen molar-refractivity contribution in [2.24, 2.45) is 0 Å². The molecule has 98 valence electrons. The van der Waals surface area contributed by atoms with Crippen molar-refractivity contribution in [1.29, 1.82) is 0 Å². The van der Waals surface area contributed by atoms with Crippen molar-refractivity contribution in [3.05, 3.63) is 54.1 Å². The Kier molecular flexibility index (Phi) is 3.62. The highest BCUT2D eigenvalue weighted by molar-refractivity contribution is 6.61. The molecule has 0 saturated carbocycles. The molecule has 3 rings (SSSR count). The largest absolute Gasteiger partial charge is 0.491 e. The molecule has 1 fully saturated rings. The fourth-order valence-corrected chi connectivity index (χ4v) is 2.16. The molecule has 0 radical (unpaired) electrons. The van der Waals surface area contributed by atoms with E-state index in [1.165, 1.54) is 0 Å². The Morgan fingerprint density at radius 1 is 1.37 bits per heavy atom. The first-order chi connectivity index (χ1) is 9.33. The van der Waals surface area contributed by atoms with Crippen LogP contribution >= 0.6 is 0 Å². The van der Waals surface area contributed by atoms with E-state index in [0.29, 0.717) is 13.2 Å². The second kappa shape index (κ2) is 5.55. The predicted octanol–water partition coefficient (Wildman–Crippen LogP) is 1.90. The maximum absolute atomic E-state index is 5.82. The van der Waals surface area contributed by atoms with Crippen LogP contribution in [0.15, 0.2) is 48.5 Å². The molecule has 0 amide bonds. The number of hydrogen-bond acceptors (Lipinski definition) is 3. The summed E-state index contributed by atoms with van der Waals surface area (Å²) >= 11 is 0. The Labute approximate surface area is 113 Å². The molecule has 1 aliphatic rings. The number of para-hydroxylation sites is 1. The number of hydrogen-bond donors (Lipinski definition) is 0. The topological polar surface area (TPSA) is 27.7 Å². The second-order valence-corrected chi connectivity index (χ2v) is 4.72. The quantitative estimate of drug-likeness (QED) is 0.617. The minimum atomic E-state index is -0.250. The van der Waals surface area contributed by atoms with E-state index in [1.54, 1.807) is 0 Å². The van der Waals surface area contributed by atoms with Gasteiger partial charge in [-0.05, 0) is 18.6 Å². The van der Waals surface area contributed by atoms with Gasteiger partial charge in [0.2, 0.25) is 0 Å². The molecule has 0 spiro atoms. The van der Waals surface area contributed by atoms with Gasteiger partial charge in [-0.1, -0.05) is 18.2 Å². The third-order valence-electron chi connectivity index (χ3n) is 3.23. The normalized spacial score (nSPS) is 18.8. The molecule has 2 aromatic carbocycles. The summed E-state index contributed by atoms with van der Waals surface area (Å²) in [4.78, 5) is 0. The third-order valence-corrected chi connectivity index (χ3v) is 3.23. The van der Waals surface area contributed by atoms with Gasteiger partial charge in [-0.15, -0.1) is 0 Å². The van der Waals surface area contributed by atoms with Crippen LogP contribution in [0.3, 0.4) is 0 Å². The number of benzene rings is 1. The Morgan fingerprint density at radius 3 is 3.05 bits per heavy atom. The van der Waals surface area contributed by atoms with Crippen molar-refractivity contribution in [3.63, 3.8) is 0 Å². The van der Waals surface area contributed by atoms with E-state index >= 15 is 0 Å². The zero-order chi connectivity index (χ0) is 13.1. The van der Waals surface area contributed by atoms with Crippen LogP contribution in [0, 0.1) is 6.92 Å². The SMILES string of the molecule is Cc1ccccc1OC[C@H]1COB(c2cc[cH-]c2)O1. The number of aryl methyl sites for hydroxylation is 1. The average Bonchev–Trinajstić information content (AvgIpc) is 3.09. The van der Waals surface area contributed by atoms with Gasteiger partial charge >= 0.3 is 7.12 Å². The minimum Gasteiger partial charge on any atom is -0.491 e. The van der Waals surface area contributed by atoms with Gasteiger partial charge < -0.3 is 14.0 Å². The van der Waals surface area contributed by atoms with Gasteiger partial charge in [-0.25, -0.2) is 6.07 Å². The van der Waals surface area contributed by atoms with Gasteiger partial charge in [-0.2, -0.15) is 23.7 Å². The van der Waals surface area contributed by atoms with Crippen LogP contribution in [0.2, 0.25) is 0 Å². The molecule has 0 unspecified atom stereocenters. The van der Waals surface area contributed by atoms with Gasteiger partial charge in [0.1, 0.15) is 12.4 Å². The maximum Gasteiger partial charge on any atom is 0.406 e. The van der Waals surface area contributed by atoms with Crippen molar-refractivity contribution in [1.82, 2.24) is 0 Å². The van der Waals surface area contributed by atoms with Crippen molar-refractivity contribution in [3.8, 4) is 5.75 Å². The summed E-state index contributed by atoms with van der Waals surface area (Å²) in [5.74, 6) is 0.905. The Balaban J connectivity index is 1.54. The van der Waals surface area contributed by atoms with Crippen LogP contribution in [0.25, 0.3) is 0 Å². The lowest BCUT2D eigenvalue weighted by molar-refractivity contribution is 0.147. The first-order valence-electron chi connectivity index (χ1n) is 6.50. The Bertz CT molecular complexity index is 524. The molecule has 19 heavy (non-hydrogen) atoms. The highest BCUT2D eigenvalue weighted by Crippen LogP contribution is 2.18. The minimum absolute atomic E-state index is 0.0143. The van der Waals surface area contributed by atoms with Crippen molar-refractivity contribution >= 4 is 12.6 Å². The lowest BCUT2D eigenvalue weighted by Crippen LogP contribution is -2.32. The van der Waals surface area contributed by atoms with Crippen LogP contribution in [0.5, 0.6) is 5.75 Å². The van der Waals surface area contributed by atoms with Crippen LogP contribution in [0.1, 0.15) is 5.56 Å². The average molecular weight is 255 g/mol. The lowest BCUT2D eigenvalue weighted by Gasteiger charge is -2.14. The van der Waals surface area contributed by atoms with Crippen LogP contribution < -0.4 is 10.2 Å². The molecule has 2 aromatic rings. The van der Waals surface area contributed by atoms with Crippen molar-refractivity contribution in [2.75, 3.05) is 13.2 Å². The molecule has 0 N–H and O–H groups in total. The predicted molar refractivity (Wildman–Crippen MR) is 74.9 cm³/mol. The molecule has 0 aromatic heterocycles. The number of rotatable bonds is 4. The van der Waals surface area contributed by atoms with Gasteiger partial charge in [0.25, 0.3) is 0 Å². The fourth-order valence-electron chi connectivity index (χ4n) is 2.16. The summed E-state index contributed by atoms with van der Waals surface area (Å²) in [5, 5.41) is 0. The van der Waals surface area contributed by atoms with E-state index in [9.17, 15) is 0 Å². The van der Waals surface area contributed by atoms with Gasteiger partial charge in [0.05, 0.1) is 12.7 Å². The summed E-state index contributed by atoms with van der Waals surface area (Å²) in [6.45, 7) is 3.12. The number of ether oxygens (including phenoxy) is 1. The zero-order valence-corrected chi connectivity index (χ0v) is 10.9. The van der Waals surface area contributed by atoms with Gasteiger partial charge in [0, 0.05) is 0 Å². The molecule has 0 bridgehead atoms. The second-order valence-electron chi connectivity index (χ2n) is 4.72. The van der Waals surface area contributed by atoms with E-state index in [2.05, 4.69) is 0 Å². The highest BCUT2D eigenvalue weighted by atomic mass is 16.7. The van der Waals surface area contributed by atoms with Crippen LogP contribution in [0.4, 0.5) is 0 Å². The van der Waals surface area contributed by atoms with Crippen LogP contribution in [-0.2, 0) is 9.31 Å². The third kappa shape index (κ3) is 2.86. The Hall–Kier alpha value is -1.65. The Morgan fingerprint density at radius 2 is 2.26 bits per heavy atom. The smallest absolute Gasteiger partial charge is 0.406 e. The van der Waals surface area contributed by atoms with Gasteiger partial charge in [0.15, 0.2) is 0 Å². The lowest BCUT2D eigenvalue weighted by atomic mass is 9.81. The molecule has 3 nitrogen and oxygen atoms in total. The standard InChI is InChI=1S/C15H16BO3/c1-12-6-2-5-9-15(12)17-10-14-11-18-16(19-14)13-7-3-4-8-13/h2-9,14H,10-11H2,1H3/q-1/t14-/m0/s1. The molecule has 1 heterocycles. The summed E-state index contributed by atoms with van der Waals surface area (Å²) < 4.78 is 17.2. The van der Waals surface area contributed by atoms with E-state index in [-0.39, 0.29) is 13.2 Å². The monoisotopic (exact) mass is 255 g/mol. The summed E-state index contributed by atoms with van der Waals surface area (Å²) in [6.07, 6.45) is -0.0143. The van der Waals surface area contributed by atoms with E-state index < -0.39 is 0 Å². The molecule has 1 atom stereocenters. The highest BCUT2D eigenvalue weighted by Gasteiger charge is 2.28. The molecule has 1 saturated heterocycles. The van der Waals surface area contributed by atoms with E-state index in [4.69, 9.17) is 14.0 Å². The van der Waals surface area contributed by atoms with Gasteiger partial charge in [-0.3, -0.25) is 0 Å². The van der Waals surface area contributed by atoms with Crippen molar-refractivity contribution in [2.45, 2.75) is 13.0 Å². The van der Waals surface area contributed by atoms with E-state index in [1.807, 2.05) is 55.5 Å². The first-order valence-corrected chi connectivity index (χ1v) is 6.50. The fraction of sp³-hybridized carbons (Fsp3) is 0.267. The van der Waals surface area contributed by atoms with E-state index in [0.717, 1.165) is 16.8 Å². The molecule has 4 heteroatoms. The summed E-state index contributed by atoms with van der Waals surface area (Å²) in [5.41, 5.74) is 2.20. The summed E-state index contributed by atoms with van der Waals surface area (Å²) in [7, 11) is -0.250. The maximum atomic E-state index is 5.82. The molecule has 1 aliphatic heterocycles. The molecular formula is C15H16BO3-. The first kappa shape index (κ1) is 12.4. The molecule has 0 aliphatic carbocycles. The molecular weight excluding hydrogens is 239 g/mol.